The minimum absolute atomic E-state index is 0.522. The second-order valence-electron chi connectivity index (χ2n) is 7.30. The Kier molecular flexibility index (Phi) is 14.7. The Hall–Kier alpha value is -1.58. The number of esters is 2. The van der Waals surface area contributed by atoms with Gasteiger partial charge >= 0.3 is 11.9 Å². The average molecular weight is 507 g/mol. The number of carbonyl (C=O) groups is 2. The van der Waals surface area contributed by atoms with E-state index in [0.717, 1.165) is 0 Å². The van der Waals surface area contributed by atoms with Crippen molar-refractivity contribution in [2.75, 3.05) is 13.2 Å². The Bertz CT molecular complexity index is 610. The fourth-order valence-corrected chi connectivity index (χ4v) is 2.34. The Morgan fingerprint density at radius 2 is 1.00 bits per heavy atom. The summed E-state index contributed by atoms with van der Waals surface area (Å²) in [7, 11) is 0. The largest absolute Gasteiger partial charge is 0.433 e. The average Bonchev–Trinajstić information content (AvgIpc) is 2.82. The van der Waals surface area contributed by atoms with Gasteiger partial charge in [-0.25, -0.2) is 0 Å². The summed E-state index contributed by atoms with van der Waals surface area (Å²) in [5.74, 6) is -2.64. The van der Waals surface area contributed by atoms with Crippen molar-refractivity contribution < 1.29 is 80.3 Å². The lowest BCUT2D eigenvalue weighted by Gasteiger charge is -2.28. The van der Waals surface area contributed by atoms with E-state index in [9.17, 15) is 60.7 Å². The van der Waals surface area contributed by atoms with Crippen molar-refractivity contribution in [2.24, 2.45) is 5.73 Å². The summed E-state index contributed by atoms with van der Waals surface area (Å²) in [6.07, 6.45) is -23.0. The third-order valence-electron chi connectivity index (χ3n) is 4.60. The van der Waals surface area contributed by atoms with Gasteiger partial charge in [-0.2, -0.15) is 0 Å². The van der Waals surface area contributed by atoms with Crippen molar-refractivity contribution in [3.8, 4) is 0 Å². The number of aliphatic hydroxyl groups excluding tert-OH is 12. The van der Waals surface area contributed by atoms with Crippen molar-refractivity contribution in [3.63, 3.8) is 0 Å². The van der Waals surface area contributed by atoms with Gasteiger partial charge in [0.05, 0.1) is 13.2 Å². The maximum Gasteiger partial charge on any atom is 0.325 e. The molecule has 0 aromatic rings. The number of nitrogens with two attached hydrogens (primary N) is 1. The van der Waals surface area contributed by atoms with Crippen molar-refractivity contribution >= 4 is 11.9 Å². The van der Waals surface area contributed by atoms with Crippen molar-refractivity contribution in [3.05, 3.63) is 0 Å². The van der Waals surface area contributed by atoms with Gasteiger partial charge in [0, 0.05) is 6.42 Å². The second-order valence-corrected chi connectivity index (χ2v) is 7.30. The monoisotopic (exact) mass is 507 g/mol. The molecule has 0 bridgehead atoms. The van der Waals surface area contributed by atoms with E-state index in [2.05, 4.69) is 9.47 Å². The lowest BCUT2D eigenvalue weighted by molar-refractivity contribution is -0.215. The van der Waals surface area contributed by atoms with E-state index in [-0.39, 0.29) is 0 Å². The maximum atomic E-state index is 11.8. The highest BCUT2D eigenvalue weighted by Gasteiger charge is 2.37. The third kappa shape index (κ3) is 9.96. The number of ether oxygens (including phenoxy) is 2. The van der Waals surface area contributed by atoms with Crippen LogP contribution in [0.2, 0.25) is 0 Å². The SMILES string of the molecule is N[C@@H](CCC(=O)OC(O)[C@@H](O)[C@@H](O)[C@H](O)[C@H](O)CO)C(=O)OC(O)[C@@H](O)[C@@H](O)[C@H](O)[C@H](O)CO. The van der Waals surface area contributed by atoms with E-state index in [0.29, 0.717) is 0 Å². The fourth-order valence-electron chi connectivity index (χ4n) is 2.34. The molecule has 2 unspecified atom stereocenters. The summed E-state index contributed by atoms with van der Waals surface area (Å²) in [6, 6.07) is -1.62. The highest BCUT2D eigenvalue weighted by Crippen LogP contribution is 2.13. The highest BCUT2D eigenvalue weighted by molar-refractivity contribution is 5.77. The number of carbonyl (C=O) groups excluding carboxylic acids is 2. The first kappa shape index (κ1) is 32.4. The quantitative estimate of drug-likeness (QED) is 0.0680. The molecule has 0 aromatic heterocycles. The molecule has 0 aliphatic heterocycles. The van der Waals surface area contributed by atoms with Crippen LogP contribution in [0.3, 0.4) is 0 Å². The van der Waals surface area contributed by atoms with Gasteiger partial charge in [-0.05, 0) is 6.42 Å². The minimum Gasteiger partial charge on any atom is -0.433 e. The van der Waals surface area contributed by atoms with Gasteiger partial charge in [0.1, 0.15) is 54.9 Å². The number of hydrogen-bond donors (Lipinski definition) is 13. The van der Waals surface area contributed by atoms with E-state index in [1.807, 2.05) is 0 Å². The Morgan fingerprint density at radius 3 is 1.38 bits per heavy atom. The zero-order valence-corrected chi connectivity index (χ0v) is 17.8. The molecule has 17 nitrogen and oxygen atoms in total. The Balaban J connectivity index is 4.63. The van der Waals surface area contributed by atoms with E-state index < -0.39 is 105 Å². The normalized spacial score (nSPS) is 21.7. The molecule has 202 valence electrons. The van der Waals surface area contributed by atoms with E-state index in [1.54, 1.807) is 0 Å². The lowest BCUT2D eigenvalue weighted by Crippen LogP contribution is -2.51. The summed E-state index contributed by atoms with van der Waals surface area (Å²) in [6.45, 7) is -1.97. The summed E-state index contributed by atoms with van der Waals surface area (Å²) < 4.78 is 8.77. The van der Waals surface area contributed by atoms with E-state index in [1.165, 1.54) is 0 Å². The van der Waals surface area contributed by atoms with Crippen LogP contribution in [0.4, 0.5) is 0 Å². The van der Waals surface area contributed by atoms with Gasteiger partial charge < -0.3 is 76.5 Å². The van der Waals surface area contributed by atoms with Crippen LogP contribution >= 0.6 is 0 Å². The molecular formula is C17H33NO16. The first-order valence-electron chi connectivity index (χ1n) is 9.87. The van der Waals surface area contributed by atoms with Crippen LogP contribution in [-0.2, 0) is 19.1 Å². The minimum atomic E-state index is -2.43. The topological polar surface area (TPSA) is 321 Å². The van der Waals surface area contributed by atoms with Gasteiger partial charge in [0.15, 0.2) is 0 Å². The van der Waals surface area contributed by atoms with E-state index >= 15 is 0 Å². The Morgan fingerprint density at radius 1 is 0.618 bits per heavy atom. The maximum absolute atomic E-state index is 11.8. The van der Waals surface area contributed by atoms with Crippen LogP contribution in [-0.4, -0.2) is 154 Å². The molecule has 11 atom stereocenters. The van der Waals surface area contributed by atoms with Crippen LogP contribution < -0.4 is 5.73 Å². The molecule has 0 fully saturated rings. The molecule has 0 heterocycles. The molecule has 17 heteroatoms. The molecule has 34 heavy (non-hydrogen) atoms. The van der Waals surface area contributed by atoms with Crippen molar-refractivity contribution in [2.45, 2.75) is 80.3 Å². The molecule has 0 aromatic carbocycles. The van der Waals surface area contributed by atoms with Gasteiger partial charge in [0.2, 0.25) is 12.6 Å². The van der Waals surface area contributed by atoms with Crippen LogP contribution in [0.15, 0.2) is 0 Å². The van der Waals surface area contributed by atoms with Crippen LogP contribution in [0.5, 0.6) is 0 Å². The molecule has 14 N–H and O–H groups in total. The van der Waals surface area contributed by atoms with Gasteiger partial charge in [-0.1, -0.05) is 0 Å². The van der Waals surface area contributed by atoms with Gasteiger partial charge in [-0.3, -0.25) is 9.59 Å². The zero-order valence-electron chi connectivity index (χ0n) is 17.8. The van der Waals surface area contributed by atoms with Gasteiger partial charge in [-0.15, -0.1) is 0 Å². The highest BCUT2D eigenvalue weighted by atomic mass is 16.7. The first-order chi connectivity index (χ1) is 15.7. The molecular weight excluding hydrogens is 474 g/mol. The predicted molar refractivity (Wildman–Crippen MR) is 104 cm³/mol. The standard InChI is InChI=1S/C17H33NO16/c18-5(15(30)34-17(32)14(29)12(27)10(25)7(22)4-20)1-2-8(23)33-16(31)13(28)11(26)9(24)6(21)3-19/h5-7,9-14,16-17,19-22,24-29,31-32H,1-4,18H2/t5-,6+,7+,9+,10+,11-,12-,13-,14-,16?,17?/m0/s1. The molecule has 0 saturated carbocycles. The third-order valence-corrected chi connectivity index (χ3v) is 4.60. The smallest absolute Gasteiger partial charge is 0.325 e. The van der Waals surface area contributed by atoms with Crippen LogP contribution in [0.25, 0.3) is 0 Å². The lowest BCUT2D eigenvalue weighted by atomic mass is 10.0. The molecule has 0 spiro atoms. The van der Waals surface area contributed by atoms with E-state index in [4.69, 9.17) is 15.9 Å². The number of hydrogen-bond acceptors (Lipinski definition) is 17. The summed E-state index contributed by atoms with van der Waals surface area (Å²) in [4.78, 5) is 23.6. The molecule has 0 saturated heterocycles. The molecule has 0 rings (SSSR count). The first-order valence-corrected chi connectivity index (χ1v) is 9.87. The van der Waals surface area contributed by atoms with Crippen LogP contribution in [0, 0.1) is 0 Å². The number of aliphatic hydroxyl groups is 12. The van der Waals surface area contributed by atoms with Crippen molar-refractivity contribution in [1.29, 1.82) is 0 Å². The molecule has 0 aliphatic rings. The zero-order chi connectivity index (χ0) is 26.7. The van der Waals surface area contributed by atoms with Crippen molar-refractivity contribution in [1.82, 2.24) is 0 Å². The number of rotatable bonds is 16. The van der Waals surface area contributed by atoms with Crippen LogP contribution in [0.1, 0.15) is 12.8 Å². The second kappa shape index (κ2) is 15.4. The Labute approximate surface area is 192 Å². The predicted octanol–water partition coefficient (Wildman–Crippen LogP) is -8.31. The molecule has 0 radical (unpaired) electrons. The summed E-state index contributed by atoms with van der Waals surface area (Å²) in [5, 5.41) is 112. The fraction of sp³-hybridized carbons (Fsp3) is 0.882. The van der Waals surface area contributed by atoms with Gasteiger partial charge in [0.25, 0.3) is 0 Å². The summed E-state index contributed by atoms with van der Waals surface area (Å²) in [5.41, 5.74) is 5.45. The molecule has 0 amide bonds. The summed E-state index contributed by atoms with van der Waals surface area (Å²) >= 11 is 0. The molecule has 0 aliphatic carbocycles.